The van der Waals surface area contributed by atoms with E-state index >= 15 is 0 Å². The van der Waals surface area contributed by atoms with Crippen LogP contribution in [0, 0.1) is 18.8 Å². The first-order chi connectivity index (χ1) is 13.6. The van der Waals surface area contributed by atoms with Crippen LogP contribution in [0.5, 0.6) is 11.6 Å². The van der Waals surface area contributed by atoms with Gasteiger partial charge in [-0.25, -0.2) is 0 Å². The minimum absolute atomic E-state index is 0.0827. The molecule has 1 aromatic carbocycles. The number of hydrogen-bond donors (Lipinski definition) is 1. The minimum Gasteiger partial charge on any atom is -0.507 e. The highest BCUT2D eigenvalue weighted by Gasteiger charge is 2.35. The average Bonchev–Trinajstić information content (AvgIpc) is 3.27. The maximum atomic E-state index is 10.4. The monoisotopic (exact) mass is 378 g/mol. The van der Waals surface area contributed by atoms with Crippen LogP contribution in [0.1, 0.15) is 37.9 Å². The van der Waals surface area contributed by atoms with Gasteiger partial charge < -0.3 is 9.84 Å². The molecule has 8 nitrogen and oxygen atoms in total. The van der Waals surface area contributed by atoms with Gasteiger partial charge in [-0.3, -0.25) is 0 Å². The summed E-state index contributed by atoms with van der Waals surface area (Å²) in [7, 11) is 0. The van der Waals surface area contributed by atoms with Gasteiger partial charge in [0.2, 0.25) is 5.88 Å². The standard InChI is InChI=1S/C20H22N6O2/c1-12-21-25-26(24-12)15-4-5-17(19(27)11-15)18-6-7-20(23-22-18)28-16-9-13-2-3-14(8-13)10-16/h4-7,11,13-14,16,27H,2-3,8-10H2,1H3/t13-,14?,16?/m0/s1. The lowest BCUT2D eigenvalue weighted by atomic mass is 9.87. The number of hydrogen-bond acceptors (Lipinski definition) is 7. The number of rotatable bonds is 4. The van der Waals surface area contributed by atoms with Crippen molar-refractivity contribution in [3.63, 3.8) is 0 Å². The summed E-state index contributed by atoms with van der Waals surface area (Å²) >= 11 is 0. The van der Waals surface area contributed by atoms with Gasteiger partial charge in [-0.15, -0.1) is 25.2 Å². The smallest absolute Gasteiger partial charge is 0.233 e. The van der Waals surface area contributed by atoms with Gasteiger partial charge in [0, 0.05) is 17.7 Å². The molecule has 3 atom stereocenters. The van der Waals surface area contributed by atoms with Crippen molar-refractivity contribution in [2.75, 3.05) is 0 Å². The fourth-order valence-corrected chi connectivity index (χ4v) is 4.49. The molecule has 3 aromatic rings. The number of aryl methyl sites for hydroxylation is 1. The maximum absolute atomic E-state index is 10.4. The van der Waals surface area contributed by atoms with E-state index < -0.39 is 0 Å². The molecule has 0 saturated heterocycles. The highest BCUT2D eigenvalue weighted by Crippen LogP contribution is 2.43. The third kappa shape index (κ3) is 3.30. The molecule has 28 heavy (non-hydrogen) atoms. The second kappa shape index (κ2) is 6.85. The van der Waals surface area contributed by atoms with Crippen molar-refractivity contribution in [3.8, 4) is 28.6 Å². The van der Waals surface area contributed by atoms with E-state index in [4.69, 9.17) is 4.74 Å². The van der Waals surface area contributed by atoms with E-state index in [0.29, 0.717) is 28.6 Å². The summed E-state index contributed by atoms with van der Waals surface area (Å²) in [6.07, 6.45) is 6.54. The third-order valence-corrected chi connectivity index (χ3v) is 5.77. The van der Waals surface area contributed by atoms with Gasteiger partial charge in [0.15, 0.2) is 5.82 Å². The lowest BCUT2D eigenvalue weighted by Gasteiger charge is -2.27. The van der Waals surface area contributed by atoms with E-state index in [-0.39, 0.29) is 11.9 Å². The molecule has 5 rings (SSSR count). The van der Waals surface area contributed by atoms with Crippen molar-refractivity contribution in [2.45, 2.75) is 45.1 Å². The van der Waals surface area contributed by atoms with Crippen molar-refractivity contribution in [1.82, 2.24) is 30.4 Å². The van der Waals surface area contributed by atoms with E-state index in [1.807, 2.05) is 12.1 Å². The lowest BCUT2D eigenvalue weighted by Crippen LogP contribution is -2.26. The quantitative estimate of drug-likeness (QED) is 0.745. The van der Waals surface area contributed by atoms with Gasteiger partial charge in [0.1, 0.15) is 11.9 Å². The summed E-state index contributed by atoms with van der Waals surface area (Å²) in [4.78, 5) is 1.37. The summed E-state index contributed by atoms with van der Waals surface area (Å²) < 4.78 is 6.07. The van der Waals surface area contributed by atoms with E-state index in [1.165, 1.54) is 24.1 Å². The van der Waals surface area contributed by atoms with Crippen LogP contribution < -0.4 is 4.74 Å². The number of nitrogens with zero attached hydrogens (tertiary/aromatic N) is 6. The zero-order chi connectivity index (χ0) is 19.1. The highest BCUT2D eigenvalue weighted by molar-refractivity contribution is 5.68. The summed E-state index contributed by atoms with van der Waals surface area (Å²) in [5.41, 5.74) is 1.81. The fraction of sp³-hybridized carbons (Fsp3) is 0.450. The van der Waals surface area contributed by atoms with Crippen molar-refractivity contribution in [2.24, 2.45) is 11.8 Å². The zero-order valence-electron chi connectivity index (χ0n) is 15.7. The van der Waals surface area contributed by atoms with Crippen LogP contribution in [0.4, 0.5) is 0 Å². The Hall–Kier alpha value is -3.03. The predicted molar refractivity (Wildman–Crippen MR) is 101 cm³/mol. The molecule has 0 radical (unpaired) electrons. The van der Waals surface area contributed by atoms with Gasteiger partial charge in [-0.2, -0.15) is 0 Å². The second-order valence-electron chi connectivity index (χ2n) is 7.84. The number of phenols is 1. The lowest BCUT2D eigenvalue weighted by molar-refractivity contribution is 0.113. The van der Waals surface area contributed by atoms with E-state index in [1.54, 1.807) is 25.1 Å². The summed E-state index contributed by atoms with van der Waals surface area (Å²) in [5, 5.41) is 30.8. The van der Waals surface area contributed by atoms with Crippen LogP contribution in [-0.2, 0) is 0 Å². The average molecular weight is 378 g/mol. The Bertz CT molecular complexity index is 975. The van der Waals surface area contributed by atoms with E-state index in [9.17, 15) is 5.11 Å². The van der Waals surface area contributed by atoms with Crippen molar-refractivity contribution in [1.29, 1.82) is 0 Å². The Morgan fingerprint density at radius 2 is 1.82 bits per heavy atom. The Morgan fingerprint density at radius 1 is 1.00 bits per heavy atom. The van der Waals surface area contributed by atoms with Gasteiger partial charge in [-0.1, -0.05) is 12.8 Å². The van der Waals surface area contributed by atoms with Crippen LogP contribution in [0.15, 0.2) is 30.3 Å². The first-order valence-corrected chi connectivity index (χ1v) is 9.75. The molecule has 2 unspecified atom stereocenters. The molecular formula is C20H22N6O2. The van der Waals surface area contributed by atoms with Gasteiger partial charge in [0.25, 0.3) is 0 Å². The fourth-order valence-electron chi connectivity index (χ4n) is 4.49. The number of aromatic nitrogens is 6. The number of fused-ring (bicyclic) bond motifs is 2. The number of tetrazole rings is 1. The first-order valence-electron chi connectivity index (χ1n) is 9.75. The topological polar surface area (TPSA) is 98.8 Å². The summed E-state index contributed by atoms with van der Waals surface area (Å²) in [6.45, 7) is 1.76. The van der Waals surface area contributed by atoms with Crippen LogP contribution >= 0.6 is 0 Å². The molecule has 2 saturated carbocycles. The minimum atomic E-state index is 0.0827. The molecule has 2 aliphatic rings. The number of benzene rings is 1. The molecule has 2 aromatic heterocycles. The molecule has 2 aliphatic carbocycles. The number of ether oxygens (including phenoxy) is 1. The molecular weight excluding hydrogens is 356 g/mol. The number of phenolic OH excluding ortho intramolecular Hbond substituents is 1. The molecule has 1 N–H and O–H groups in total. The zero-order valence-corrected chi connectivity index (χ0v) is 15.7. The van der Waals surface area contributed by atoms with Gasteiger partial charge >= 0.3 is 0 Å². The first kappa shape index (κ1) is 17.1. The Kier molecular flexibility index (Phi) is 4.18. The molecule has 2 heterocycles. The van der Waals surface area contributed by atoms with Crippen LogP contribution in [0.3, 0.4) is 0 Å². The third-order valence-electron chi connectivity index (χ3n) is 5.77. The normalized spacial score (nSPS) is 23.7. The Labute approximate surface area is 162 Å². The maximum Gasteiger partial charge on any atom is 0.233 e. The molecule has 0 spiro atoms. The Balaban J connectivity index is 1.31. The van der Waals surface area contributed by atoms with Crippen molar-refractivity contribution < 1.29 is 9.84 Å². The Morgan fingerprint density at radius 3 is 2.46 bits per heavy atom. The van der Waals surface area contributed by atoms with Crippen LogP contribution in [0.2, 0.25) is 0 Å². The number of aromatic hydroxyl groups is 1. The largest absolute Gasteiger partial charge is 0.507 e. The molecule has 0 aliphatic heterocycles. The molecule has 2 bridgehead atoms. The molecule has 144 valence electrons. The second-order valence-corrected chi connectivity index (χ2v) is 7.84. The van der Waals surface area contributed by atoms with E-state index in [2.05, 4.69) is 25.6 Å². The van der Waals surface area contributed by atoms with Crippen molar-refractivity contribution in [3.05, 3.63) is 36.2 Å². The molecule has 2 fully saturated rings. The highest BCUT2D eigenvalue weighted by atomic mass is 16.5. The van der Waals surface area contributed by atoms with Gasteiger partial charge in [-0.05, 0) is 61.4 Å². The predicted octanol–water partition coefficient (Wildman–Crippen LogP) is 3.09. The van der Waals surface area contributed by atoms with Crippen molar-refractivity contribution >= 4 is 0 Å². The van der Waals surface area contributed by atoms with Crippen LogP contribution in [-0.4, -0.2) is 41.6 Å². The molecule has 0 amide bonds. The SMILES string of the molecule is Cc1nnn(-c2ccc(-c3ccc(OC4CC5CC[C@@H](C5)C4)nn3)c(O)c2)n1. The van der Waals surface area contributed by atoms with Gasteiger partial charge in [0.05, 0.1) is 11.4 Å². The summed E-state index contributed by atoms with van der Waals surface area (Å²) in [5.74, 6) is 2.83. The van der Waals surface area contributed by atoms with Crippen LogP contribution in [0.25, 0.3) is 16.9 Å². The molecule has 8 heteroatoms. The summed E-state index contributed by atoms with van der Waals surface area (Å²) in [6, 6.07) is 8.81. The van der Waals surface area contributed by atoms with E-state index in [0.717, 1.165) is 24.7 Å².